The predicted molar refractivity (Wildman–Crippen MR) is 53.6 cm³/mol. The normalized spacial score (nSPS) is 11.1. The first-order valence-electron chi connectivity index (χ1n) is 4.73. The minimum Gasteiger partial charge on any atom is -0.469 e. The highest BCUT2D eigenvalue weighted by Gasteiger charge is 2.31. The Balaban J connectivity index is 2.90. The molecule has 6 heteroatoms. The van der Waals surface area contributed by atoms with Crippen molar-refractivity contribution in [3.05, 3.63) is 29.3 Å². The van der Waals surface area contributed by atoms with E-state index < -0.39 is 12.3 Å². The molecule has 0 aliphatic rings. The van der Waals surface area contributed by atoms with Gasteiger partial charge in [0.25, 0.3) is 0 Å². The first kappa shape index (κ1) is 13.3. The fourth-order valence-corrected chi connectivity index (χ4v) is 1.36. The molecule has 0 N–H and O–H groups in total. The van der Waals surface area contributed by atoms with E-state index in [9.17, 15) is 18.0 Å². The van der Waals surface area contributed by atoms with Crippen LogP contribution in [0.25, 0.3) is 0 Å². The van der Waals surface area contributed by atoms with Crippen LogP contribution in [0, 0.1) is 6.92 Å². The highest BCUT2D eigenvalue weighted by atomic mass is 19.4. The van der Waals surface area contributed by atoms with Crippen molar-refractivity contribution in [2.24, 2.45) is 0 Å². The van der Waals surface area contributed by atoms with E-state index in [1.54, 1.807) is 13.0 Å². The second-order valence-corrected chi connectivity index (χ2v) is 3.46. The largest absolute Gasteiger partial charge is 0.573 e. The lowest BCUT2D eigenvalue weighted by atomic mass is 10.1. The molecule has 0 heterocycles. The van der Waals surface area contributed by atoms with Crippen molar-refractivity contribution in [3.8, 4) is 5.75 Å². The van der Waals surface area contributed by atoms with Crippen LogP contribution >= 0.6 is 0 Å². The Hall–Kier alpha value is -1.72. The van der Waals surface area contributed by atoms with E-state index in [0.717, 1.165) is 6.07 Å². The molecule has 0 amide bonds. The summed E-state index contributed by atoms with van der Waals surface area (Å²) in [5.74, 6) is -0.857. The average Bonchev–Trinajstić information content (AvgIpc) is 2.13. The number of methoxy groups -OCH3 is 1. The maximum absolute atomic E-state index is 12.0. The van der Waals surface area contributed by atoms with Crippen LogP contribution in [0.4, 0.5) is 13.2 Å². The van der Waals surface area contributed by atoms with Gasteiger partial charge in [-0.05, 0) is 30.2 Å². The number of carbonyl (C=O) groups excluding carboxylic acids is 1. The van der Waals surface area contributed by atoms with Crippen molar-refractivity contribution in [1.82, 2.24) is 0 Å². The second-order valence-electron chi connectivity index (χ2n) is 3.46. The SMILES string of the molecule is COC(=O)Cc1cc(C)cc(OC(F)(F)F)c1. The van der Waals surface area contributed by atoms with Gasteiger partial charge in [0.1, 0.15) is 5.75 Å². The van der Waals surface area contributed by atoms with Gasteiger partial charge in [0.05, 0.1) is 13.5 Å². The summed E-state index contributed by atoms with van der Waals surface area (Å²) in [6.45, 7) is 1.62. The van der Waals surface area contributed by atoms with Crippen LogP contribution in [0.15, 0.2) is 18.2 Å². The summed E-state index contributed by atoms with van der Waals surface area (Å²) in [5, 5.41) is 0. The zero-order chi connectivity index (χ0) is 13.1. The third-order valence-electron chi connectivity index (χ3n) is 1.92. The minimum absolute atomic E-state index is 0.0909. The van der Waals surface area contributed by atoms with Crippen molar-refractivity contribution in [2.75, 3.05) is 7.11 Å². The Morgan fingerprint density at radius 3 is 2.47 bits per heavy atom. The number of ether oxygens (including phenoxy) is 2. The molecule has 0 atom stereocenters. The molecule has 0 aliphatic carbocycles. The van der Waals surface area contributed by atoms with E-state index in [1.807, 2.05) is 0 Å². The lowest BCUT2D eigenvalue weighted by molar-refractivity contribution is -0.274. The number of benzene rings is 1. The van der Waals surface area contributed by atoms with Crippen LogP contribution in [-0.4, -0.2) is 19.4 Å². The summed E-state index contributed by atoms with van der Waals surface area (Å²) in [7, 11) is 1.21. The van der Waals surface area contributed by atoms with Crippen LogP contribution in [0.2, 0.25) is 0 Å². The molecule has 0 radical (unpaired) electrons. The number of aryl methyl sites for hydroxylation is 1. The molecule has 0 fully saturated rings. The molecule has 0 aromatic heterocycles. The Morgan fingerprint density at radius 2 is 1.94 bits per heavy atom. The van der Waals surface area contributed by atoms with E-state index in [4.69, 9.17) is 0 Å². The number of rotatable bonds is 3. The number of halogens is 3. The fourth-order valence-electron chi connectivity index (χ4n) is 1.36. The smallest absolute Gasteiger partial charge is 0.469 e. The summed E-state index contributed by atoms with van der Waals surface area (Å²) in [6.07, 6.45) is -4.83. The van der Waals surface area contributed by atoms with Crippen molar-refractivity contribution < 1.29 is 27.4 Å². The van der Waals surface area contributed by atoms with E-state index >= 15 is 0 Å². The van der Waals surface area contributed by atoms with E-state index in [0.29, 0.717) is 11.1 Å². The summed E-state index contributed by atoms with van der Waals surface area (Å²) in [5.41, 5.74) is 0.988. The summed E-state index contributed by atoms with van der Waals surface area (Å²) >= 11 is 0. The van der Waals surface area contributed by atoms with E-state index in [-0.39, 0.29) is 12.2 Å². The number of alkyl halides is 3. The Morgan fingerprint density at radius 1 is 1.29 bits per heavy atom. The van der Waals surface area contributed by atoms with Crippen LogP contribution in [-0.2, 0) is 16.0 Å². The van der Waals surface area contributed by atoms with Crippen LogP contribution in [0.5, 0.6) is 5.75 Å². The van der Waals surface area contributed by atoms with Crippen LogP contribution in [0.1, 0.15) is 11.1 Å². The maximum Gasteiger partial charge on any atom is 0.573 e. The molecule has 0 unspecified atom stereocenters. The average molecular weight is 248 g/mol. The van der Waals surface area contributed by atoms with Crippen LogP contribution in [0.3, 0.4) is 0 Å². The van der Waals surface area contributed by atoms with Crippen molar-refractivity contribution in [3.63, 3.8) is 0 Å². The van der Waals surface area contributed by atoms with Gasteiger partial charge >= 0.3 is 12.3 Å². The van der Waals surface area contributed by atoms with Gasteiger partial charge < -0.3 is 9.47 Å². The molecule has 0 bridgehead atoms. The van der Waals surface area contributed by atoms with Crippen LogP contribution < -0.4 is 4.74 Å². The monoisotopic (exact) mass is 248 g/mol. The van der Waals surface area contributed by atoms with Gasteiger partial charge in [-0.25, -0.2) is 0 Å². The fraction of sp³-hybridized carbons (Fsp3) is 0.364. The second kappa shape index (κ2) is 5.07. The first-order valence-corrected chi connectivity index (χ1v) is 4.73. The Labute approximate surface area is 96.1 Å². The zero-order valence-corrected chi connectivity index (χ0v) is 9.30. The van der Waals surface area contributed by atoms with E-state index in [2.05, 4.69) is 9.47 Å². The molecule has 0 saturated carbocycles. The predicted octanol–water partition coefficient (Wildman–Crippen LogP) is 2.61. The molecular formula is C11H11F3O3. The summed E-state index contributed by atoms with van der Waals surface area (Å²) in [4.78, 5) is 11.0. The van der Waals surface area contributed by atoms with Crippen molar-refractivity contribution in [2.45, 2.75) is 19.7 Å². The maximum atomic E-state index is 12.0. The molecule has 3 nitrogen and oxygen atoms in total. The van der Waals surface area contributed by atoms with Gasteiger partial charge in [-0.2, -0.15) is 0 Å². The van der Waals surface area contributed by atoms with Gasteiger partial charge in [0.2, 0.25) is 0 Å². The Kier molecular flexibility index (Phi) is 3.98. The molecule has 0 spiro atoms. The molecule has 1 aromatic carbocycles. The molecule has 1 rings (SSSR count). The molecule has 17 heavy (non-hydrogen) atoms. The van der Waals surface area contributed by atoms with Gasteiger partial charge in [0.15, 0.2) is 0 Å². The standard InChI is InChI=1S/C11H11F3O3/c1-7-3-8(6-10(15)16-2)5-9(4-7)17-11(12,13)14/h3-5H,6H2,1-2H3. The zero-order valence-electron chi connectivity index (χ0n) is 9.30. The minimum atomic E-state index is -4.74. The van der Waals surface area contributed by atoms with Gasteiger partial charge in [-0.1, -0.05) is 6.07 Å². The topological polar surface area (TPSA) is 35.5 Å². The highest BCUT2D eigenvalue weighted by molar-refractivity contribution is 5.72. The van der Waals surface area contributed by atoms with Gasteiger partial charge in [-0.15, -0.1) is 13.2 Å². The summed E-state index contributed by atoms with van der Waals surface area (Å²) < 4.78 is 44.3. The van der Waals surface area contributed by atoms with Gasteiger partial charge in [-0.3, -0.25) is 4.79 Å². The number of carbonyl (C=O) groups is 1. The molecule has 0 aliphatic heterocycles. The number of esters is 1. The Bertz CT molecular complexity index is 413. The lowest BCUT2D eigenvalue weighted by Gasteiger charge is -2.11. The van der Waals surface area contributed by atoms with E-state index in [1.165, 1.54) is 13.2 Å². The molecular weight excluding hydrogens is 237 g/mol. The van der Waals surface area contributed by atoms with Crippen molar-refractivity contribution in [1.29, 1.82) is 0 Å². The third-order valence-corrected chi connectivity index (χ3v) is 1.92. The number of hydrogen-bond acceptors (Lipinski definition) is 3. The first-order chi connectivity index (χ1) is 7.80. The molecule has 94 valence electrons. The molecule has 1 aromatic rings. The summed E-state index contributed by atoms with van der Waals surface area (Å²) in [6, 6.07) is 4.01. The lowest BCUT2D eigenvalue weighted by Crippen LogP contribution is -2.17. The third kappa shape index (κ3) is 4.76. The van der Waals surface area contributed by atoms with Crippen molar-refractivity contribution >= 4 is 5.97 Å². The highest BCUT2D eigenvalue weighted by Crippen LogP contribution is 2.25. The van der Waals surface area contributed by atoms with Gasteiger partial charge in [0, 0.05) is 0 Å². The number of hydrogen-bond donors (Lipinski definition) is 0. The quantitative estimate of drug-likeness (QED) is 0.771. The molecule has 0 saturated heterocycles.